The summed E-state index contributed by atoms with van der Waals surface area (Å²) in [6.45, 7) is 2.26. The van der Waals surface area contributed by atoms with Gasteiger partial charge in [0.25, 0.3) is 0 Å². The second kappa shape index (κ2) is 7.50. The van der Waals surface area contributed by atoms with Crippen molar-refractivity contribution in [2.24, 2.45) is 5.73 Å². The number of piperidine rings is 1. The lowest BCUT2D eigenvalue weighted by Crippen LogP contribution is -2.40. The highest BCUT2D eigenvalue weighted by Gasteiger charge is 2.27. The van der Waals surface area contributed by atoms with E-state index in [9.17, 15) is 9.90 Å². The number of nitrogens with two attached hydrogens (primary N) is 1. The molecular formula is C16H22N6O2. The molecule has 0 aromatic carbocycles. The van der Waals surface area contributed by atoms with Gasteiger partial charge in [-0.1, -0.05) is 0 Å². The molecule has 2 aromatic heterocycles. The molecule has 1 unspecified atom stereocenters. The van der Waals surface area contributed by atoms with Crippen molar-refractivity contribution in [3.05, 3.63) is 30.4 Å². The summed E-state index contributed by atoms with van der Waals surface area (Å²) in [6, 6.07) is 3.73. The van der Waals surface area contributed by atoms with Crippen LogP contribution in [0.5, 0.6) is 0 Å². The summed E-state index contributed by atoms with van der Waals surface area (Å²) < 4.78 is 1.77. The van der Waals surface area contributed by atoms with E-state index in [2.05, 4.69) is 15.0 Å². The van der Waals surface area contributed by atoms with Gasteiger partial charge in [0.15, 0.2) is 5.82 Å². The molecule has 0 saturated carbocycles. The number of primary amides is 1. The molecular weight excluding hydrogens is 308 g/mol. The fourth-order valence-corrected chi connectivity index (χ4v) is 3.17. The van der Waals surface area contributed by atoms with Crippen LogP contribution in [0.1, 0.15) is 24.6 Å². The van der Waals surface area contributed by atoms with Crippen molar-refractivity contribution in [1.29, 1.82) is 0 Å². The standard InChI is InChI=1S/C16H22N6O2/c17-14(24)11-21-7-1-2-13(10-21)16-19-15(20-22(16)8-9-23)12-3-5-18-6-4-12/h3-6,13,23H,1-2,7-11H2,(H2,17,24). The molecule has 0 radical (unpaired) electrons. The Hall–Kier alpha value is -2.32. The van der Waals surface area contributed by atoms with Crippen molar-refractivity contribution < 1.29 is 9.90 Å². The first-order valence-corrected chi connectivity index (χ1v) is 8.14. The van der Waals surface area contributed by atoms with Crippen LogP contribution in [-0.4, -0.2) is 61.9 Å². The first-order valence-electron chi connectivity index (χ1n) is 8.14. The summed E-state index contributed by atoms with van der Waals surface area (Å²) in [5.41, 5.74) is 6.21. The number of aliphatic hydroxyl groups is 1. The number of nitrogens with zero attached hydrogens (tertiary/aromatic N) is 5. The maximum atomic E-state index is 11.2. The van der Waals surface area contributed by atoms with Crippen molar-refractivity contribution in [2.75, 3.05) is 26.2 Å². The molecule has 1 amide bonds. The molecule has 1 saturated heterocycles. The summed E-state index contributed by atoms with van der Waals surface area (Å²) in [6.07, 6.45) is 5.37. The minimum Gasteiger partial charge on any atom is -0.394 e. The van der Waals surface area contributed by atoms with Gasteiger partial charge in [0.05, 0.1) is 19.7 Å². The average Bonchev–Trinajstić information content (AvgIpc) is 3.00. The van der Waals surface area contributed by atoms with Crippen LogP contribution >= 0.6 is 0 Å². The van der Waals surface area contributed by atoms with Gasteiger partial charge in [-0.15, -0.1) is 0 Å². The number of aliphatic hydroxyl groups excluding tert-OH is 1. The third-order valence-corrected chi connectivity index (χ3v) is 4.20. The van der Waals surface area contributed by atoms with E-state index in [1.165, 1.54) is 0 Å². The SMILES string of the molecule is NC(=O)CN1CCCC(c2nc(-c3ccncc3)nn2CCO)C1. The third-order valence-electron chi connectivity index (χ3n) is 4.20. The van der Waals surface area contributed by atoms with Crippen molar-refractivity contribution in [3.63, 3.8) is 0 Å². The number of hydrogen-bond acceptors (Lipinski definition) is 6. The van der Waals surface area contributed by atoms with E-state index in [1.54, 1.807) is 17.1 Å². The maximum absolute atomic E-state index is 11.2. The second-order valence-corrected chi connectivity index (χ2v) is 6.02. The predicted molar refractivity (Wildman–Crippen MR) is 87.9 cm³/mol. The van der Waals surface area contributed by atoms with Crippen LogP contribution in [-0.2, 0) is 11.3 Å². The normalized spacial score (nSPS) is 18.6. The van der Waals surface area contributed by atoms with Crippen LogP contribution in [0.15, 0.2) is 24.5 Å². The number of amides is 1. The molecule has 8 nitrogen and oxygen atoms in total. The zero-order chi connectivity index (χ0) is 16.9. The Morgan fingerprint density at radius 1 is 1.38 bits per heavy atom. The lowest BCUT2D eigenvalue weighted by atomic mass is 9.97. The molecule has 3 rings (SSSR count). The number of carbonyl (C=O) groups excluding carboxylic acids is 1. The Morgan fingerprint density at radius 2 is 2.17 bits per heavy atom. The molecule has 1 aliphatic heterocycles. The molecule has 2 aromatic rings. The van der Waals surface area contributed by atoms with Gasteiger partial charge >= 0.3 is 0 Å². The molecule has 0 aliphatic carbocycles. The van der Waals surface area contributed by atoms with Crippen LogP contribution in [0.3, 0.4) is 0 Å². The van der Waals surface area contributed by atoms with Crippen molar-refractivity contribution in [1.82, 2.24) is 24.6 Å². The number of hydrogen-bond donors (Lipinski definition) is 2. The first kappa shape index (κ1) is 16.5. The average molecular weight is 330 g/mol. The van der Waals surface area contributed by atoms with Crippen molar-refractivity contribution >= 4 is 5.91 Å². The molecule has 3 heterocycles. The smallest absolute Gasteiger partial charge is 0.231 e. The Kier molecular flexibility index (Phi) is 5.17. The van der Waals surface area contributed by atoms with Gasteiger partial charge in [0, 0.05) is 30.4 Å². The molecule has 1 atom stereocenters. The van der Waals surface area contributed by atoms with Gasteiger partial charge in [-0.05, 0) is 31.5 Å². The lowest BCUT2D eigenvalue weighted by molar-refractivity contribution is -0.119. The quantitative estimate of drug-likeness (QED) is 0.771. The van der Waals surface area contributed by atoms with E-state index in [0.29, 0.717) is 12.4 Å². The number of carbonyl (C=O) groups is 1. The summed E-state index contributed by atoms with van der Waals surface area (Å²) in [4.78, 5) is 22.0. The molecule has 1 fully saturated rings. The lowest BCUT2D eigenvalue weighted by Gasteiger charge is -2.31. The van der Waals surface area contributed by atoms with E-state index in [0.717, 1.165) is 37.3 Å². The minimum absolute atomic E-state index is 0.00383. The summed E-state index contributed by atoms with van der Waals surface area (Å²) >= 11 is 0. The van der Waals surface area contributed by atoms with Gasteiger partial charge in [-0.2, -0.15) is 5.10 Å². The number of likely N-dealkylation sites (tertiary alicyclic amines) is 1. The highest BCUT2D eigenvalue weighted by atomic mass is 16.3. The topological polar surface area (TPSA) is 110 Å². The number of aromatic nitrogens is 4. The summed E-state index contributed by atoms with van der Waals surface area (Å²) in [5.74, 6) is 1.34. The molecule has 128 valence electrons. The van der Waals surface area contributed by atoms with Gasteiger partial charge in [-0.25, -0.2) is 9.67 Å². The highest BCUT2D eigenvalue weighted by Crippen LogP contribution is 2.27. The van der Waals surface area contributed by atoms with Gasteiger partial charge in [0.1, 0.15) is 5.82 Å². The van der Waals surface area contributed by atoms with E-state index in [4.69, 9.17) is 10.7 Å². The Balaban J connectivity index is 1.85. The van der Waals surface area contributed by atoms with Crippen LogP contribution in [0.2, 0.25) is 0 Å². The van der Waals surface area contributed by atoms with Crippen LogP contribution in [0, 0.1) is 0 Å². The first-order chi connectivity index (χ1) is 11.7. The maximum Gasteiger partial charge on any atom is 0.231 e. The van der Waals surface area contributed by atoms with E-state index >= 15 is 0 Å². The van der Waals surface area contributed by atoms with E-state index < -0.39 is 0 Å². The molecule has 24 heavy (non-hydrogen) atoms. The Labute approximate surface area is 140 Å². The molecule has 0 bridgehead atoms. The molecule has 8 heteroatoms. The van der Waals surface area contributed by atoms with Crippen LogP contribution < -0.4 is 5.73 Å². The fourth-order valence-electron chi connectivity index (χ4n) is 3.17. The number of rotatable bonds is 6. The van der Waals surface area contributed by atoms with Crippen molar-refractivity contribution in [3.8, 4) is 11.4 Å². The molecule has 0 spiro atoms. The zero-order valence-corrected chi connectivity index (χ0v) is 13.5. The van der Waals surface area contributed by atoms with Crippen molar-refractivity contribution in [2.45, 2.75) is 25.3 Å². The largest absolute Gasteiger partial charge is 0.394 e. The van der Waals surface area contributed by atoms with Gasteiger partial charge < -0.3 is 10.8 Å². The van der Waals surface area contributed by atoms with Gasteiger partial charge in [0.2, 0.25) is 5.91 Å². The van der Waals surface area contributed by atoms with E-state index in [-0.39, 0.29) is 25.0 Å². The van der Waals surface area contributed by atoms with Crippen LogP contribution in [0.4, 0.5) is 0 Å². The molecule has 3 N–H and O–H groups in total. The summed E-state index contributed by atoms with van der Waals surface area (Å²) in [5, 5.41) is 13.9. The van der Waals surface area contributed by atoms with Crippen LogP contribution in [0.25, 0.3) is 11.4 Å². The monoisotopic (exact) mass is 330 g/mol. The minimum atomic E-state index is -0.315. The Bertz CT molecular complexity index is 687. The van der Waals surface area contributed by atoms with E-state index in [1.807, 2.05) is 12.1 Å². The Morgan fingerprint density at radius 3 is 2.88 bits per heavy atom. The third kappa shape index (κ3) is 3.77. The zero-order valence-electron chi connectivity index (χ0n) is 13.5. The highest BCUT2D eigenvalue weighted by molar-refractivity contribution is 5.75. The van der Waals surface area contributed by atoms with Gasteiger partial charge in [-0.3, -0.25) is 14.7 Å². The number of pyridine rings is 1. The predicted octanol–water partition coefficient (Wildman–Crippen LogP) is -0.00290. The summed E-state index contributed by atoms with van der Waals surface area (Å²) in [7, 11) is 0. The second-order valence-electron chi connectivity index (χ2n) is 6.02. The fraction of sp³-hybridized carbons (Fsp3) is 0.500. The molecule has 1 aliphatic rings.